The molecule has 0 spiro atoms. The second kappa shape index (κ2) is 5.29. The van der Waals surface area contributed by atoms with Gasteiger partial charge < -0.3 is 9.47 Å². The Balaban J connectivity index is 1.95. The highest BCUT2D eigenvalue weighted by atomic mass is 79.9. The molecule has 0 radical (unpaired) electrons. The SMILES string of the molecule is CN(Cc1ccccc1Br)c1nc2ccccc2n1C. The summed E-state index contributed by atoms with van der Waals surface area (Å²) in [7, 11) is 4.13. The van der Waals surface area contributed by atoms with E-state index in [0.717, 1.165) is 28.0 Å². The second-order valence-electron chi connectivity index (χ2n) is 4.91. The Morgan fingerprint density at radius 3 is 2.55 bits per heavy atom. The number of benzene rings is 2. The van der Waals surface area contributed by atoms with Crippen LogP contribution in [0.1, 0.15) is 5.56 Å². The molecule has 3 rings (SSSR count). The van der Waals surface area contributed by atoms with Crippen LogP contribution in [-0.2, 0) is 13.6 Å². The number of nitrogens with zero attached hydrogens (tertiary/aromatic N) is 3. The number of anilines is 1. The Bertz CT molecular complexity index is 748. The van der Waals surface area contributed by atoms with Crippen LogP contribution in [0.4, 0.5) is 5.95 Å². The van der Waals surface area contributed by atoms with Crippen molar-refractivity contribution in [3.05, 3.63) is 58.6 Å². The third kappa shape index (κ3) is 2.31. The summed E-state index contributed by atoms with van der Waals surface area (Å²) in [4.78, 5) is 6.88. The maximum absolute atomic E-state index is 4.71. The van der Waals surface area contributed by atoms with Gasteiger partial charge in [-0.25, -0.2) is 4.98 Å². The third-order valence-corrected chi connectivity index (χ3v) is 4.24. The van der Waals surface area contributed by atoms with E-state index in [1.165, 1.54) is 5.56 Å². The van der Waals surface area contributed by atoms with Gasteiger partial charge in [0, 0.05) is 25.1 Å². The van der Waals surface area contributed by atoms with Gasteiger partial charge in [0.25, 0.3) is 0 Å². The van der Waals surface area contributed by atoms with Crippen molar-refractivity contribution in [1.82, 2.24) is 9.55 Å². The van der Waals surface area contributed by atoms with Crippen LogP contribution in [0.5, 0.6) is 0 Å². The van der Waals surface area contributed by atoms with E-state index >= 15 is 0 Å². The van der Waals surface area contributed by atoms with Gasteiger partial charge in [-0.2, -0.15) is 0 Å². The molecule has 1 aromatic heterocycles. The Labute approximate surface area is 127 Å². The average molecular weight is 330 g/mol. The zero-order valence-corrected chi connectivity index (χ0v) is 13.1. The van der Waals surface area contributed by atoms with Crippen LogP contribution in [0, 0.1) is 0 Å². The second-order valence-corrected chi connectivity index (χ2v) is 5.76. The molecule has 1 heterocycles. The number of aryl methyl sites for hydroxylation is 1. The molecule has 0 saturated heterocycles. The summed E-state index contributed by atoms with van der Waals surface area (Å²) >= 11 is 3.60. The molecule has 0 saturated carbocycles. The topological polar surface area (TPSA) is 21.1 Å². The van der Waals surface area contributed by atoms with Crippen molar-refractivity contribution in [2.24, 2.45) is 7.05 Å². The van der Waals surface area contributed by atoms with Gasteiger partial charge in [0.1, 0.15) is 0 Å². The zero-order chi connectivity index (χ0) is 14.1. The molecule has 3 nitrogen and oxygen atoms in total. The fourth-order valence-corrected chi connectivity index (χ4v) is 2.84. The van der Waals surface area contributed by atoms with Crippen molar-refractivity contribution < 1.29 is 0 Å². The smallest absolute Gasteiger partial charge is 0.206 e. The molecule has 0 fully saturated rings. The summed E-state index contributed by atoms with van der Waals surface area (Å²) in [6.07, 6.45) is 0. The van der Waals surface area contributed by atoms with E-state index in [0.29, 0.717) is 0 Å². The van der Waals surface area contributed by atoms with Gasteiger partial charge in [0.2, 0.25) is 5.95 Å². The maximum atomic E-state index is 4.71. The molecule has 4 heteroatoms. The lowest BCUT2D eigenvalue weighted by atomic mass is 10.2. The van der Waals surface area contributed by atoms with Crippen LogP contribution in [0.25, 0.3) is 11.0 Å². The summed E-state index contributed by atoms with van der Waals surface area (Å²) in [5.74, 6) is 0.974. The van der Waals surface area contributed by atoms with Crippen LogP contribution < -0.4 is 4.90 Å². The van der Waals surface area contributed by atoms with Crippen LogP contribution in [0.2, 0.25) is 0 Å². The summed E-state index contributed by atoms with van der Waals surface area (Å²) in [5.41, 5.74) is 3.44. The molecule has 2 aromatic carbocycles. The van der Waals surface area contributed by atoms with Gasteiger partial charge in [-0.15, -0.1) is 0 Å². The molecule has 0 bridgehead atoms. The predicted molar refractivity (Wildman–Crippen MR) is 87.0 cm³/mol. The van der Waals surface area contributed by atoms with Crippen molar-refractivity contribution in [2.75, 3.05) is 11.9 Å². The Morgan fingerprint density at radius 1 is 1.10 bits per heavy atom. The first-order chi connectivity index (χ1) is 9.66. The Kier molecular flexibility index (Phi) is 3.49. The lowest BCUT2D eigenvalue weighted by Gasteiger charge is -2.19. The molecule has 0 aliphatic heterocycles. The Hall–Kier alpha value is -1.81. The van der Waals surface area contributed by atoms with E-state index < -0.39 is 0 Å². The number of imidazole rings is 1. The van der Waals surface area contributed by atoms with Crippen LogP contribution in [0.3, 0.4) is 0 Å². The predicted octanol–water partition coefficient (Wildman–Crippen LogP) is 3.97. The molecule has 0 unspecified atom stereocenters. The van der Waals surface area contributed by atoms with Crippen LogP contribution in [-0.4, -0.2) is 16.6 Å². The minimum atomic E-state index is 0.818. The molecular weight excluding hydrogens is 314 g/mol. The number of aromatic nitrogens is 2. The lowest BCUT2D eigenvalue weighted by Crippen LogP contribution is -2.20. The quantitative estimate of drug-likeness (QED) is 0.724. The van der Waals surface area contributed by atoms with Crippen LogP contribution in [0.15, 0.2) is 53.0 Å². The van der Waals surface area contributed by atoms with Crippen molar-refractivity contribution >= 4 is 32.9 Å². The van der Waals surface area contributed by atoms with Crippen molar-refractivity contribution in [1.29, 1.82) is 0 Å². The molecule has 20 heavy (non-hydrogen) atoms. The molecule has 0 aliphatic rings. The number of rotatable bonds is 3. The van der Waals surface area contributed by atoms with E-state index in [4.69, 9.17) is 4.98 Å². The molecule has 0 atom stereocenters. The summed E-state index contributed by atoms with van der Waals surface area (Å²) in [5, 5.41) is 0. The average Bonchev–Trinajstić information content (AvgIpc) is 2.79. The van der Waals surface area contributed by atoms with E-state index in [2.05, 4.69) is 63.8 Å². The summed E-state index contributed by atoms with van der Waals surface area (Å²) < 4.78 is 3.26. The van der Waals surface area contributed by atoms with E-state index in [1.54, 1.807) is 0 Å². The Morgan fingerprint density at radius 2 is 1.80 bits per heavy atom. The number of hydrogen-bond donors (Lipinski definition) is 0. The highest BCUT2D eigenvalue weighted by Crippen LogP contribution is 2.23. The normalized spacial score (nSPS) is 10.9. The van der Waals surface area contributed by atoms with E-state index in [-0.39, 0.29) is 0 Å². The fourth-order valence-electron chi connectivity index (χ4n) is 2.43. The first-order valence-corrected chi connectivity index (χ1v) is 7.32. The van der Waals surface area contributed by atoms with Gasteiger partial charge >= 0.3 is 0 Å². The summed E-state index contributed by atoms with van der Waals surface area (Å²) in [6.45, 7) is 0.818. The number of para-hydroxylation sites is 2. The summed E-state index contributed by atoms with van der Waals surface area (Å²) in [6, 6.07) is 16.5. The van der Waals surface area contributed by atoms with Crippen molar-refractivity contribution in [2.45, 2.75) is 6.54 Å². The molecule has 0 aliphatic carbocycles. The minimum Gasteiger partial charge on any atom is -0.341 e. The zero-order valence-electron chi connectivity index (χ0n) is 11.5. The molecule has 0 N–H and O–H groups in total. The first-order valence-electron chi connectivity index (χ1n) is 6.53. The molecule has 0 amide bonds. The van der Waals surface area contributed by atoms with Crippen molar-refractivity contribution in [3.63, 3.8) is 0 Å². The lowest BCUT2D eigenvalue weighted by molar-refractivity contribution is 0.816. The van der Waals surface area contributed by atoms with E-state index in [1.807, 2.05) is 24.3 Å². The minimum absolute atomic E-state index is 0.818. The fraction of sp³-hybridized carbons (Fsp3) is 0.188. The number of halogens is 1. The van der Waals surface area contributed by atoms with Crippen molar-refractivity contribution in [3.8, 4) is 0 Å². The van der Waals surface area contributed by atoms with Gasteiger partial charge in [0.05, 0.1) is 11.0 Å². The van der Waals surface area contributed by atoms with Crippen LogP contribution >= 0.6 is 15.9 Å². The van der Waals surface area contributed by atoms with Gasteiger partial charge in [0.15, 0.2) is 0 Å². The number of fused-ring (bicyclic) bond motifs is 1. The van der Waals surface area contributed by atoms with Gasteiger partial charge in [-0.3, -0.25) is 0 Å². The highest BCUT2D eigenvalue weighted by molar-refractivity contribution is 9.10. The first kappa shape index (κ1) is 13.2. The highest BCUT2D eigenvalue weighted by Gasteiger charge is 2.12. The van der Waals surface area contributed by atoms with E-state index in [9.17, 15) is 0 Å². The molecule has 102 valence electrons. The number of hydrogen-bond acceptors (Lipinski definition) is 2. The monoisotopic (exact) mass is 329 g/mol. The van der Waals surface area contributed by atoms with Gasteiger partial charge in [-0.1, -0.05) is 46.3 Å². The standard InChI is InChI=1S/C16H16BrN3/c1-19(11-12-7-3-4-8-13(12)17)16-18-14-9-5-6-10-15(14)20(16)2/h3-10H,11H2,1-2H3. The van der Waals surface area contributed by atoms with Gasteiger partial charge in [-0.05, 0) is 23.8 Å². The maximum Gasteiger partial charge on any atom is 0.206 e. The molecule has 3 aromatic rings. The largest absolute Gasteiger partial charge is 0.341 e. The molecular formula is C16H16BrN3. The third-order valence-electron chi connectivity index (χ3n) is 3.47.